The van der Waals surface area contributed by atoms with Gasteiger partial charge in [0.15, 0.2) is 5.82 Å². The molecule has 4 rings (SSSR count). The van der Waals surface area contributed by atoms with E-state index in [1.807, 2.05) is 54.6 Å². The first-order valence-corrected chi connectivity index (χ1v) is 8.90. The number of tetrazole rings is 1. The van der Waals surface area contributed by atoms with Gasteiger partial charge in [-0.15, -0.1) is 11.5 Å². The monoisotopic (exact) mass is 380 g/mol. The van der Waals surface area contributed by atoms with Crippen LogP contribution < -0.4 is 5.32 Å². The predicted molar refractivity (Wildman–Crippen MR) is 111 cm³/mol. The van der Waals surface area contributed by atoms with Gasteiger partial charge in [0.1, 0.15) is 0 Å². The number of aromatic nitrogens is 4. The lowest BCUT2D eigenvalue weighted by Gasteiger charge is -2.19. The molecule has 0 aliphatic rings. The van der Waals surface area contributed by atoms with E-state index >= 15 is 0 Å². The minimum Gasteiger partial charge on any atom is -0.293 e. The molecule has 0 amide bonds. The van der Waals surface area contributed by atoms with Gasteiger partial charge in [-0.05, 0) is 33.0 Å². The van der Waals surface area contributed by atoms with Gasteiger partial charge in [-0.3, -0.25) is 5.32 Å². The number of rotatable bonds is 6. The van der Waals surface area contributed by atoms with Crippen molar-refractivity contribution in [2.75, 3.05) is 6.54 Å². The van der Waals surface area contributed by atoms with Gasteiger partial charge in [-0.1, -0.05) is 71.7 Å². The third-order valence-corrected chi connectivity index (χ3v) is 4.56. The zero-order chi connectivity index (χ0) is 20.1. The molecule has 3 aromatic carbocycles. The summed E-state index contributed by atoms with van der Waals surface area (Å²) in [5.41, 5.74) is 11.0. The number of terminal acetylenes is 1. The van der Waals surface area contributed by atoms with E-state index in [9.17, 15) is 0 Å². The van der Waals surface area contributed by atoms with Crippen LogP contribution in [0, 0.1) is 12.3 Å². The molecule has 4 aromatic rings. The Morgan fingerprint density at radius 3 is 2.76 bits per heavy atom. The number of hydrogen-bond donors (Lipinski definition) is 1. The van der Waals surface area contributed by atoms with Crippen LogP contribution in [0.2, 0.25) is 0 Å². The van der Waals surface area contributed by atoms with Crippen LogP contribution in [0.25, 0.3) is 26.9 Å². The first kappa shape index (κ1) is 18.2. The molecule has 0 fully saturated rings. The van der Waals surface area contributed by atoms with Gasteiger partial charge >= 0.3 is 0 Å². The molecular formula is C21H16N8. The summed E-state index contributed by atoms with van der Waals surface area (Å²) in [6.45, 7) is 0.289. The summed E-state index contributed by atoms with van der Waals surface area (Å²) in [4.78, 5) is 2.93. The zero-order valence-electron chi connectivity index (χ0n) is 15.3. The summed E-state index contributed by atoms with van der Waals surface area (Å²) in [5, 5.41) is 21.6. The number of nitrogens with one attached hydrogen (secondary N) is 1. The molecule has 8 heteroatoms. The fraction of sp³-hybridized carbons (Fsp3) is 0.0952. The largest absolute Gasteiger partial charge is 0.293 e. The highest BCUT2D eigenvalue weighted by molar-refractivity contribution is 5.90. The van der Waals surface area contributed by atoms with Gasteiger partial charge in [0, 0.05) is 16.0 Å². The smallest absolute Gasteiger partial charge is 0.178 e. The molecule has 1 N–H and O–H groups in total. The minimum absolute atomic E-state index is 0.289. The summed E-state index contributed by atoms with van der Waals surface area (Å²) < 4.78 is 1.68. The van der Waals surface area contributed by atoms with Gasteiger partial charge in [0.25, 0.3) is 0 Å². The van der Waals surface area contributed by atoms with Crippen LogP contribution in [0.5, 0.6) is 0 Å². The highest BCUT2D eigenvalue weighted by atomic mass is 15.5. The third kappa shape index (κ3) is 3.51. The summed E-state index contributed by atoms with van der Waals surface area (Å²) in [7, 11) is 0. The molecule has 29 heavy (non-hydrogen) atoms. The maximum atomic E-state index is 8.94. The van der Waals surface area contributed by atoms with Crippen molar-refractivity contribution in [3.05, 3.63) is 88.6 Å². The normalized spacial score (nSPS) is 11.6. The van der Waals surface area contributed by atoms with E-state index in [0.29, 0.717) is 11.5 Å². The van der Waals surface area contributed by atoms with E-state index in [4.69, 9.17) is 12.0 Å². The van der Waals surface area contributed by atoms with Crippen molar-refractivity contribution < 1.29 is 0 Å². The molecule has 1 heterocycles. The molecule has 0 aliphatic carbocycles. The Kier molecular flexibility index (Phi) is 5.16. The first-order chi connectivity index (χ1) is 14.3. The van der Waals surface area contributed by atoms with E-state index < -0.39 is 6.04 Å². The molecule has 1 atom stereocenters. The maximum absolute atomic E-state index is 8.94. The highest BCUT2D eigenvalue weighted by Crippen LogP contribution is 2.31. The minimum atomic E-state index is -0.471. The lowest BCUT2D eigenvalue weighted by Crippen LogP contribution is -2.26. The molecule has 8 nitrogen and oxygen atoms in total. The molecule has 0 spiro atoms. The maximum Gasteiger partial charge on any atom is 0.178 e. The van der Waals surface area contributed by atoms with Crippen LogP contribution in [0.4, 0.5) is 5.69 Å². The average molecular weight is 380 g/mol. The fourth-order valence-corrected chi connectivity index (χ4v) is 3.31. The Labute approximate surface area is 166 Å². The van der Waals surface area contributed by atoms with Crippen molar-refractivity contribution in [3.8, 4) is 18.0 Å². The standard InChI is InChI=1S/C21H16N8/c1-2-14-23-20(17-11-5-6-12-18(17)24-26-22)21-25-27-28-29(21)19-13-7-9-15-8-3-4-10-16(15)19/h1,3-13,20,23H,14H2. The Hall–Kier alpha value is -4.18. The van der Waals surface area contributed by atoms with Crippen LogP contribution in [-0.4, -0.2) is 26.8 Å². The molecule has 1 aromatic heterocycles. The second-order valence-electron chi connectivity index (χ2n) is 6.21. The first-order valence-electron chi connectivity index (χ1n) is 8.90. The van der Waals surface area contributed by atoms with Crippen molar-refractivity contribution in [1.82, 2.24) is 25.5 Å². The van der Waals surface area contributed by atoms with E-state index in [1.165, 1.54) is 0 Å². The summed E-state index contributed by atoms with van der Waals surface area (Å²) in [6, 6.07) is 20.8. The molecule has 140 valence electrons. The molecule has 0 bridgehead atoms. The van der Waals surface area contributed by atoms with Crippen LogP contribution in [-0.2, 0) is 0 Å². The molecule has 0 saturated carbocycles. The molecule has 0 aliphatic heterocycles. The van der Waals surface area contributed by atoms with Crippen molar-refractivity contribution in [3.63, 3.8) is 0 Å². The number of fused-ring (bicyclic) bond motifs is 1. The number of nitrogens with zero attached hydrogens (tertiary/aromatic N) is 7. The van der Waals surface area contributed by atoms with Crippen molar-refractivity contribution in [2.45, 2.75) is 6.04 Å². The number of hydrogen-bond acceptors (Lipinski definition) is 5. The Morgan fingerprint density at radius 2 is 1.90 bits per heavy atom. The van der Waals surface area contributed by atoms with Crippen LogP contribution in [0.3, 0.4) is 0 Å². The van der Waals surface area contributed by atoms with Crippen molar-refractivity contribution in [1.29, 1.82) is 0 Å². The van der Waals surface area contributed by atoms with E-state index in [1.54, 1.807) is 16.8 Å². The number of azide groups is 1. The Balaban J connectivity index is 1.90. The van der Waals surface area contributed by atoms with E-state index in [2.05, 4.69) is 36.8 Å². The fourth-order valence-electron chi connectivity index (χ4n) is 3.31. The van der Waals surface area contributed by atoms with Gasteiger partial charge in [-0.25, -0.2) is 0 Å². The van der Waals surface area contributed by atoms with Gasteiger partial charge < -0.3 is 0 Å². The van der Waals surface area contributed by atoms with E-state index in [-0.39, 0.29) is 6.54 Å². The van der Waals surface area contributed by atoms with Crippen molar-refractivity contribution in [2.24, 2.45) is 5.11 Å². The van der Waals surface area contributed by atoms with Crippen LogP contribution in [0.15, 0.2) is 71.8 Å². The third-order valence-electron chi connectivity index (χ3n) is 4.56. The molecule has 0 saturated heterocycles. The zero-order valence-corrected chi connectivity index (χ0v) is 15.3. The van der Waals surface area contributed by atoms with Gasteiger partial charge in [0.2, 0.25) is 0 Å². The summed E-state index contributed by atoms with van der Waals surface area (Å²) >= 11 is 0. The van der Waals surface area contributed by atoms with Crippen LogP contribution >= 0.6 is 0 Å². The quantitative estimate of drug-likeness (QED) is 0.236. The van der Waals surface area contributed by atoms with Gasteiger partial charge in [-0.2, -0.15) is 4.68 Å². The molecule has 1 unspecified atom stereocenters. The second kappa shape index (κ2) is 8.23. The summed E-state index contributed by atoms with van der Waals surface area (Å²) in [5.74, 6) is 3.12. The molecule has 0 radical (unpaired) electrons. The van der Waals surface area contributed by atoms with Crippen molar-refractivity contribution >= 4 is 16.5 Å². The summed E-state index contributed by atoms with van der Waals surface area (Å²) in [6.07, 6.45) is 5.48. The SMILES string of the molecule is C#CCNC(c1ccccc1N=[N+]=[N-])c1nnnn1-c1cccc2ccccc12. The van der Waals surface area contributed by atoms with Crippen LogP contribution in [0.1, 0.15) is 17.4 Å². The van der Waals surface area contributed by atoms with E-state index in [0.717, 1.165) is 22.0 Å². The lowest BCUT2D eigenvalue weighted by atomic mass is 10.0. The predicted octanol–water partition coefficient (Wildman–Crippen LogP) is 4.07. The average Bonchev–Trinajstić information content (AvgIpc) is 3.24. The molecular weight excluding hydrogens is 364 g/mol. The topological polar surface area (TPSA) is 104 Å². The van der Waals surface area contributed by atoms with Gasteiger partial charge in [0.05, 0.1) is 18.3 Å². The highest BCUT2D eigenvalue weighted by Gasteiger charge is 2.24. The Bertz CT molecular complexity index is 1240. The second-order valence-corrected chi connectivity index (χ2v) is 6.21. The lowest BCUT2D eigenvalue weighted by molar-refractivity contribution is 0.601. The Morgan fingerprint density at radius 1 is 1.10 bits per heavy atom. The number of benzene rings is 3.